The highest BCUT2D eigenvalue weighted by Crippen LogP contribution is 2.43. The molecule has 0 aromatic heterocycles. The minimum atomic E-state index is -0.409. The predicted molar refractivity (Wildman–Crippen MR) is 124 cm³/mol. The topological polar surface area (TPSA) is 49.4 Å². The maximum atomic E-state index is 14.4. The lowest BCUT2D eigenvalue weighted by molar-refractivity contribution is -0.116. The normalized spacial score (nSPS) is 15.9. The molecule has 6 heteroatoms. The molecule has 0 aliphatic carbocycles. The van der Waals surface area contributed by atoms with Gasteiger partial charge in [-0.1, -0.05) is 48.5 Å². The molecule has 31 heavy (non-hydrogen) atoms. The number of aryl methyl sites for hydroxylation is 2. The van der Waals surface area contributed by atoms with Crippen molar-refractivity contribution in [3.63, 3.8) is 0 Å². The second-order valence-corrected chi connectivity index (χ2v) is 8.61. The summed E-state index contributed by atoms with van der Waals surface area (Å²) < 4.78 is 14.4. The molecule has 1 aliphatic heterocycles. The maximum Gasteiger partial charge on any atom is 0.238 e. The fourth-order valence-corrected chi connectivity index (χ4v) is 4.76. The smallest absolute Gasteiger partial charge is 0.238 e. The third-order valence-corrected chi connectivity index (χ3v) is 6.40. The van der Waals surface area contributed by atoms with Gasteiger partial charge in [0.15, 0.2) is 0 Å². The molecule has 1 aliphatic rings. The monoisotopic (exact) mass is 434 g/mol. The first-order valence-corrected chi connectivity index (χ1v) is 11.2. The Morgan fingerprint density at radius 1 is 1.10 bits per heavy atom. The van der Waals surface area contributed by atoms with Crippen LogP contribution >= 0.6 is 11.8 Å². The van der Waals surface area contributed by atoms with Gasteiger partial charge in [-0.05, 0) is 54.3 Å². The summed E-state index contributed by atoms with van der Waals surface area (Å²) >= 11 is 1.47. The Bertz CT molecular complexity index is 1090. The number of benzene rings is 3. The number of nitrogens with one attached hydrogen (secondary N) is 1. The van der Waals surface area contributed by atoms with Gasteiger partial charge in [-0.3, -0.25) is 14.5 Å². The number of anilines is 2. The molecule has 1 N–H and O–H groups in total. The van der Waals surface area contributed by atoms with Crippen molar-refractivity contribution in [2.24, 2.45) is 0 Å². The number of hydrogen-bond donors (Lipinski definition) is 1. The van der Waals surface area contributed by atoms with Gasteiger partial charge in [-0.25, -0.2) is 4.39 Å². The van der Waals surface area contributed by atoms with Gasteiger partial charge in [0, 0.05) is 12.1 Å². The number of carbonyl (C=O) groups is 2. The van der Waals surface area contributed by atoms with Crippen molar-refractivity contribution in [2.45, 2.75) is 25.1 Å². The minimum absolute atomic E-state index is 0.0505. The second kappa shape index (κ2) is 9.35. The highest BCUT2D eigenvalue weighted by atomic mass is 32.2. The van der Waals surface area contributed by atoms with Gasteiger partial charge in [-0.15, -0.1) is 11.8 Å². The Morgan fingerprint density at radius 2 is 1.84 bits per heavy atom. The van der Waals surface area contributed by atoms with Gasteiger partial charge < -0.3 is 5.32 Å². The van der Waals surface area contributed by atoms with Gasteiger partial charge in [0.2, 0.25) is 11.8 Å². The number of halogens is 1. The lowest BCUT2D eigenvalue weighted by Crippen LogP contribution is -2.28. The largest absolute Gasteiger partial charge is 0.326 e. The van der Waals surface area contributed by atoms with Crippen molar-refractivity contribution in [1.82, 2.24) is 0 Å². The molecule has 1 heterocycles. The molecule has 2 amide bonds. The van der Waals surface area contributed by atoms with Gasteiger partial charge in [0.1, 0.15) is 11.2 Å². The molecular weight excluding hydrogens is 411 g/mol. The lowest BCUT2D eigenvalue weighted by atomic mass is 10.1. The van der Waals surface area contributed by atoms with E-state index in [0.717, 1.165) is 16.7 Å². The summed E-state index contributed by atoms with van der Waals surface area (Å²) in [6.45, 7) is 1.88. The standard InChI is InChI=1S/C25H23FN2O2S/c1-17-7-13-21(26)22(15-17)28-24(30)16-31-25(28)19-9-11-20(12-10-19)27-23(29)14-8-18-5-3-2-4-6-18/h2-7,9-13,15,25H,8,14,16H2,1H3,(H,27,29). The molecule has 1 saturated heterocycles. The van der Waals surface area contributed by atoms with Crippen molar-refractivity contribution < 1.29 is 14.0 Å². The quantitative estimate of drug-likeness (QED) is 0.559. The molecule has 4 nitrogen and oxygen atoms in total. The first-order chi connectivity index (χ1) is 15.0. The van der Waals surface area contributed by atoms with E-state index >= 15 is 0 Å². The van der Waals surface area contributed by atoms with Crippen LogP contribution in [0.1, 0.15) is 28.5 Å². The number of amides is 2. The molecule has 1 atom stereocenters. The summed E-state index contributed by atoms with van der Waals surface area (Å²) in [6, 6.07) is 22.1. The Morgan fingerprint density at radius 3 is 2.58 bits per heavy atom. The molecule has 158 valence electrons. The first-order valence-electron chi connectivity index (χ1n) is 10.1. The Balaban J connectivity index is 1.44. The van der Waals surface area contributed by atoms with Crippen LogP contribution in [0.15, 0.2) is 72.8 Å². The van der Waals surface area contributed by atoms with Crippen molar-refractivity contribution in [3.05, 3.63) is 95.3 Å². The van der Waals surface area contributed by atoms with Gasteiger partial charge in [0.05, 0.1) is 11.4 Å². The van der Waals surface area contributed by atoms with E-state index in [9.17, 15) is 14.0 Å². The molecule has 3 aromatic rings. The fraction of sp³-hybridized carbons (Fsp3) is 0.200. The summed E-state index contributed by atoms with van der Waals surface area (Å²) in [5.41, 5.74) is 3.91. The first kappa shape index (κ1) is 21.1. The predicted octanol–water partition coefficient (Wildman–Crippen LogP) is 5.48. The molecule has 0 bridgehead atoms. The highest BCUT2D eigenvalue weighted by Gasteiger charge is 2.35. The molecule has 0 radical (unpaired) electrons. The average molecular weight is 435 g/mol. The Labute approximate surface area is 185 Å². The van der Waals surface area contributed by atoms with E-state index in [1.807, 2.05) is 61.5 Å². The zero-order chi connectivity index (χ0) is 21.8. The molecule has 3 aromatic carbocycles. The van der Waals surface area contributed by atoms with Crippen LogP contribution in [0.3, 0.4) is 0 Å². The van der Waals surface area contributed by atoms with Crippen LogP contribution in [0.4, 0.5) is 15.8 Å². The molecule has 1 fully saturated rings. The van der Waals surface area contributed by atoms with E-state index in [-0.39, 0.29) is 17.2 Å². The van der Waals surface area contributed by atoms with Crippen molar-refractivity contribution in [2.75, 3.05) is 16.0 Å². The number of rotatable bonds is 6. The number of thioether (sulfide) groups is 1. The highest BCUT2D eigenvalue weighted by molar-refractivity contribution is 8.00. The summed E-state index contributed by atoms with van der Waals surface area (Å²) in [4.78, 5) is 26.3. The maximum absolute atomic E-state index is 14.4. The van der Waals surface area contributed by atoms with Crippen LogP contribution in [0.5, 0.6) is 0 Å². The van der Waals surface area contributed by atoms with E-state index in [1.165, 1.54) is 22.7 Å². The number of hydrogen-bond acceptors (Lipinski definition) is 3. The zero-order valence-corrected chi connectivity index (χ0v) is 18.0. The van der Waals surface area contributed by atoms with Gasteiger partial charge >= 0.3 is 0 Å². The van der Waals surface area contributed by atoms with Gasteiger partial charge in [0.25, 0.3) is 0 Å². The molecule has 4 rings (SSSR count). The summed E-state index contributed by atoms with van der Waals surface area (Å²) in [5, 5.41) is 2.61. The summed E-state index contributed by atoms with van der Waals surface area (Å²) in [7, 11) is 0. The van der Waals surface area contributed by atoms with Crippen LogP contribution < -0.4 is 10.2 Å². The summed E-state index contributed by atoms with van der Waals surface area (Å²) in [6.07, 6.45) is 1.09. The SMILES string of the molecule is Cc1ccc(F)c(N2C(=O)CSC2c2ccc(NC(=O)CCc3ccccc3)cc2)c1. The van der Waals surface area contributed by atoms with Crippen LogP contribution in [0.25, 0.3) is 0 Å². The van der Waals surface area contributed by atoms with Crippen molar-refractivity contribution in [1.29, 1.82) is 0 Å². The zero-order valence-electron chi connectivity index (χ0n) is 17.2. The van der Waals surface area contributed by atoms with Crippen molar-refractivity contribution >= 4 is 35.0 Å². The van der Waals surface area contributed by atoms with E-state index < -0.39 is 5.82 Å². The van der Waals surface area contributed by atoms with Crippen molar-refractivity contribution in [3.8, 4) is 0 Å². The third-order valence-electron chi connectivity index (χ3n) is 5.19. The Kier molecular flexibility index (Phi) is 6.37. The van der Waals surface area contributed by atoms with Crippen LogP contribution in [0.2, 0.25) is 0 Å². The fourth-order valence-electron chi connectivity index (χ4n) is 3.60. The number of nitrogens with zero attached hydrogens (tertiary/aromatic N) is 1. The Hall–Kier alpha value is -3.12. The van der Waals surface area contributed by atoms with E-state index in [2.05, 4.69) is 5.32 Å². The third kappa shape index (κ3) is 4.97. The second-order valence-electron chi connectivity index (χ2n) is 7.54. The minimum Gasteiger partial charge on any atom is -0.326 e. The lowest BCUT2D eigenvalue weighted by Gasteiger charge is -2.25. The van der Waals surface area contributed by atoms with Crippen LogP contribution in [-0.4, -0.2) is 17.6 Å². The molecule has 0 saturated carbocycles. The molecular formula is C25H23FN2O2S. The van der Waals surface area contributed by atoms with Crippen LogP contribution in [0, 0.1) is 12.7 Å². The number of carbonyl (C=O) groups excluding carboxylic acids is 2. The van der Waals surface area contributed by atoms with E-state index in [0.29, 0.717) is 30.0 Å². The van der Waals surface area contributed by atoms with Gasteiger partial charge in [-0.2, -0.15) is 0 Å². The van der Waals surface area contributed by atoms with E-state index in [1.54, 1.807) is 12.1 Å². The average Bonchev–Trinajstić information content (AvgIpc) is 3.16. The van der Waals surface area contributed by atoms with E-state index in [4.69, 9.17) is 0 Å². The molecule has 0 spiro atoms. The van der Waals surface area contributed by atoms with Crippen LogP contribution in [-0.2, 0) is 16.0 Å². The molecule has 1 unspecified atom stereocenters. The summed E-state index contributed by atoms with van der Waals surface area (Å²) in [5.74, 6) is -0.271.